The fourth-order valence-corrected chi connectivity index (χ4v) is 1.14. The Bertz CT molecular complexity index is 351. The van der Waals surface area contributed by atoms with Gasteiger partial charge in [0.1, 0.15) is 5.69 Å². The zero-order valence-electron chi connectivity index (χ0n) is 9.47. The second kappa shape index (κ2) is 4.23. The highest BCUT2D eigenvalue weighted by atomic mass is 35.5. The molecule has 84 valence electrons. The first kappa shape index (κ1) is 12.0. The molecule has 0 spiro atoms. The van der Waals surface area contributed by atoms with Crippen molar-refractivity contribution in [3.63, 3.8) is 0 Å². The molecule has 1 N–H and O–H groups in total. The lowest BCUT2D eigenvalue weighted by Crippen LogP contribution is -2.45. The SMILES string of the molecule is Cc1cc(C(=O)NC(C)(C)CCl)nn1C. The number of aromatic nitrogens is 2. The summed E-state index contributed by atoms with van der Waals surface area (Å²) in [6, 6.07) is 1.75. The van der Waals surface area contributed by atoms with E-state index in [0.29, 0.717) is 11.6 Å². The number of hydrogen-bond acceptors (Lipinski definition) is 2. The van der Waals surface area contributed by atoms with Crippen LogP contribution in [0.15, 0.2) is 6.07 Å². The van der Waals surface area contributed by atoms with Crippen molar-refractivity contribution >= 4 is 17.5 Å². The Morgan fingerprint density at radius 1 is 1.67 bits per heavy atom. The normalized spacial score (nSPS) is 11.5. The molecule has 1 heterocycles. The molecule has 0 fully saturated rings. The van der Waals surface area contributed by atoms with E-state index in [0.717, 1.165) is 5.69 Å². The van der Waals surface area contributed by atoms with Gasteiger partial charge in [-0.25, -0.2) is 0 Å². The summed E-state index contributed by atoms with van der Waals surface area (Å²) in [4.78, 5) is 11.7. The zero-order valence-corrected chi connectivity index (χ0v) is 10.2. The number of halogens is 1. The number of carbonyl (C=O) groups excluding carboxylic acids is 1. The molecule has 5 heteroatoms. The minimum atomic E-state index is -0.413. The van der Waals surface area contributed by atoms with Crippen molar-refractivity contribution in [2.24, 2.45) is 7.05 Å². The first-order valence-corrected chi connectivity index (χ1v) is 5.28. The van der Waals surface area contributed by atoms with Crippen molar-refractivity contribution in [3.05, 3.63) is 17.5 Å². The molecule has 1 aromatic heterocycles. The van der Waals surface area contributed by atoms with Crippen LogP contribution in [-0.2, 0) is 7.05 Å². The van der Waals surface area contributed by atoms with Crippen LogP contribution in [0.3, 0.4) is 0 Å². The number of carbonyl (C=O) groups is 1. The number of rotatable bonds is 3. The van der Waals surface area contributed by atoms with Gasteiger partial charge in [0.15, 0.2) is 0 Å². The fourth-order valence-electron chi connectivity index (χ4n) is 1.08. The van der Waals surface area contributed by atoms with Crippen LogP contribution in [-0.4, -0.2) is 27.1 Å². The van der Waals surface area contributed by atoms with Crippen molar-refractivity contribution in [1.82, 2.24) is 15.1 Å². The molecule has 1 rings (SSSR count). The van der Waals surface area contributed by atoms with E-state index in [1.165, 1.54) is 0 Å². The molecule has 0 atom stereocenters. The third kappa shape index (κ3) is 2.96. The topological polar surface area (TPSA) is 46.9 Å². The Morgan fingerprint density at radius 3 is 2.67 bits per heavy atom. The van der Waals surface area contributed by atoms with Crippen molar-refractivity contribution in [2.45, 2.75) is 26.3 Å². The number of alkyl halides is 1. The second-order valence-electron chi connectivity index (χ2n) is 4.27. The van der Waals surface area contributed by atoms with Crippen LogP contribution >= 0.6 is 11.6 Å². The standard InChI is InChI=1S/C10H16ClN3O/c1-7-5-8(13-14(7)4)9(15)12-10(2,3)6-11/h5H,6H2,1-4H3,(H,12,15). The zero-order chi connectivity index (χ0) is 11.6. The number of amides is 1. The summed E-state index contributed by atoms with van der Waals surface area (Å²) in [5.41, 5.74) is 0.960. The number of nitrogens with zero attached hydrogens (tertiary/aromatic N) is 2. The maximum Gasteiger partial charge on any atom is 0.272 e. The van der Waals surface area contributed by atoms with Gasteiger partial charge in [-0.15, -0.1) is 11.6 Å². The van der Waals surface area contributed by atoms with E-state index >= 15 is 0 Å². The molecule has 15 heavy (non-hydrogen) atoms. The Labute approximate surface area is 94.6 Å². The van der Waals surface area contributed by atoms with E-state index in [2.05, 4.69) is 10.4 Å². The fraction of sp³-hybridized carbons (Fsp3) is 0.600. The van der Waals surface area contributed by atoms with Gasteiger partial charge in [0.2, 0.25) is 0 Å². The van der Waals surface area contributed by atoms with E-state index < -0.39 is 5.54 Å². The van der Waals surface area contributed by atoms with Crippen LogP contribution < -0.4 is 5.32 Å². The van der Waals surface area contributed by atoms with Crippen molar-refractivity contribution in [1.29, 1.82) is 0 Å². The van der Waals surface area contributed by atoms with Crippen molar-refractivity contribution < 1.29 is 4.79 Å². The number of nitrogens with one attached hydrogen (secondary N) is 1. The molecule has 0 saturated carbocycles. The lowest BCUT2D eigenvalue weighted by molar-refractivity contribution is 0.0914. The van der Waals surface area contributed by atoms with Crippen LogP contribution in [0, 0.1) is 6.92 Å². The van der Waals surface area contributed by atoms with Crippen LogP contribution in [0.4, 0.5) is 0 Å². The van der Waals surface area contributed by atoms with E-state index in [-0.39, 0.29) is 5.91 Å². The third-order valence-corrected chi connectivity index (χ3v) is 2.80. The molecule has 1 aromatic rings. The summed E-state index contributed by atoms with van der Waals surface area (Å²) in [5, 5.41) is 6.91. The largest absolute Gasteiger partial charge is 0.345 e. The molecular formula is C10H16ClN3O. The Morgan fingerprint density at radius 2 is 2.27 bits per heavy atom. The Balaban J connectivity index is 2.78. The minimum absolute atomic E-state index is 0.190. The van der Waals surface area contributed by atoms with E-state index in [4.69, 9.17) is 11.6 Å². The van der Waals surface area contributed by atoms with Crippen molar-refractivity contribution in [2.75, 3.05) is 5.88 Å². The van der Waals surface area contributed by atoms with Gasteiger partial charge in [0, 0.05) is 24.2 Å². The molecule has 0 aromatic carbocycles. The van der Waals surface area contributed by atoms with Crippen LogP contribution in [0.5, 0.6) is 0 Å². The van der Waals surface area contributed by atoms with Crippen LogP contribution in [0.25, 0.3) is 0 Å². The van der Waals surface area contributed by atoms with Gasteiger partial charge < -0.3 is 5.32 Å². The van der Waals surface area contributed by atoms with Gasteiger partial charge in [-0.1, -0.05) is 0 Å². The second-order valence-corrected chi connectivity index (χ2v) is 4.53. The molecular weight excluding hydrogens is 214 g/mol. The molecule has 4 nitrogen and oxygen atoms in total. The lowest BCUT2D eigenvalue weighted by Gasteiger charge is -2.22. The molecule has 0 aliphatic carbocycles. The summed E-state index contributed by atoms with van der Waals surface area (Å²) in [6.07, 6.45) is 0. The van der Waals surface area contributed by atoms with Crippen LogP contribution in [0.1, 0.15) is 30.0 Å². The summed E-state index contributed by atoms with van der Waals surface area (Å²) < 4.78 is 1.67. The average molecular weight is 230 g/mol. The quantitative estimate of drug-likeness (QED) is 0.799. The maximum atomic E-state index is 11.7. The molecule has 0 aliphatic heterocycles. The molecule has 0 radical (unpaired) electrons. The minimum Gasteiger partial charge on any atom is -0.345 e. The summed E-state index contributed by atoms with van der Waals surface area (Å²) in [5.74, 6) is 0.175. The van der Waals surface area contributed by atoms with Gasteiger partial charge in [0.05, 0.1) is 0 Å². The van der Waals surface area contributed by atoms with Gasteiger partial charge in [-0.3, -0.25) is 9.48 Å². The maximum absolute atomic E-state index is 11.7. The highest BCUT2D eigenvalue weighted by Crippen LogP contribution is 2.07. The van der Waals surface area contributed by atoms with Gasteiger partial charge in [-0.05, 0) is 26.8 Å². The molecule has 1 amide bonds. The van der Waals surface area contributed by atoms with E-state index in [1.807, 2.05) is 20.8 Å². The summed E-state index contributed by atoms with van der Waals surface area (Å²) >= 11 is 5.72. The summed E-state index contributed by atoms with van der Waals surface area (Å²) in [6.45, 7) is 5.64. The lowest BCUT2D eigenvalue weighted by atomic mass is 10.1. The molecule has 0 bridgehead atoms. The van der Waals surface area contributed by atoms with Gasteiger partial charge in [-0.2, -0.15) is 5.10 Å². The average Bonchev–Trinajstić information content (AvgIpc) is 2.47. The predicted molar refractivity (Wildman–Crippen MR) is 60.2 cm³/mol. The third-order valence-electron chi connectivity index (χ3n) is 2.13. The molecule has 0 aliphatic rings. The number of aryl methyl sites for hydroxylation is 2. The molecule has 0 unspecified atom stereocenters. The monoisotopic (exact) mass is 229 g/mol. The van der Waals surface area contributed by atoms with E-state index in [9.17, 15) is 4.79 Å². The molecule has 0 saturated heterocycles. The highest BCUT2D eigenvalue weighted by molar-refractivity contribution is 6.18. The van der Waals surface area contributed by atoms with Crippen molar-refractivity contribution in [3.8, 4) is 0 Å². The number of hydrogen-bond donors (Lipinski definition) is 1. The summed E-state index contributed by atoms with van der Waals surface area (Å²) in [7, 11) is 1.80. The first-order chi connectivity index (χ1) is 6.85. The highest BCUT2D eigenvalue weighted by Gasteiger charge is 2.21. The Hall–Kier alpha value is -1.03. The van der Waals surface area contributed by atoms with E-state index in [1.54, 1.807) is 17.8 Å². The van der Waals surface area contributed by atoms with Gasteiger partial charge in [0.25, 0.3) is 5.91 Å². The Kier molecular flexibility index (Phi) is 3.39. The predicted octanol–water partition coefficient (Wildman–Crippen LogP) is 1.48. The van der Waals surface area contributed by atoms with Gasteiger partial charge >= 0.3 is 0 Å². The first-order valence-electron chi connectivity index (χ1n) is 4.75. The smallest absolute Gasteiger partial charge is 0.272 e. The van der Waals surface area contributed by atoms with Crippen LogP contribution in [0.2, 0.25) is 0 Å².